The highest BCUT2D eigenvalue weighted by atomic mass is 16.5. The molecule has 4 fully saturated rings. The number of hydrogen-bond donors (Lipinski definition) is 4. The van der Waals surface area contributed by atoms with Crippen LogP contribution in [-0.2, 0) is 27.9 Å². The number of benzene rings is 4. The number of carbonyl (C=O) groups is 3. The van der Waals surface area contributed by atoms with Crippen LogP contribution in [0.5, 0.6) is 11.5 Å². The number of amides is 1. The Morgan fingerprint density at radius 2 is 1.67 bits per heavy atom. The fraction of sp³-hybridized carbons (Fsp3) is 0.348. The summed E-state index contributed by atoms with van der Waals surface area (Å²) in [6, 6.07) is 28.1. The number of pyridine rings is 1. The number of hydrogen-bond acceptors (Lipinski definition) is 10. The number of aryl methyl sites for hydroxylation is 1. The molecule has 5 heterocycles. The molecule has 0 saturated carbocycles. The zero-order valence-electron chi connectivity index (χ0n) is 32.5. The lowest BCUT2D eigenvalue weighted by Crippen LogP contribution is -2.66. The Kier molecular flexibility index (Phi) is 11.2. The number of rotatable bonds is 14. The highest BCUT2D eigenvalue weighted by Crippen LogP contribution is 2.39. The number of piperidine rings is 3. The van der Waals surface area contributed by atoms with Gasteiger partial charge in [0, 0.05) is 67.3 Å². The van der Waals surface area contributed by atoms with Crippen LogP contribution in [0.3, 0.4) is 0 Å². The number of aromatic nitrogens is 1. The van der Waals surface area contributed by atoms with Gasteiger partial charge in [-0.05, 0) is 85.3 Å². The average Bonchev–Trinajstić information content (AvgIpc) is 3.23. The molecule has 0 unspecified atom stereocenters. The van der Waals surface area contributed by atoms with Crippen LogP contribution in [0.4, 0.5) is 0 Å². The van der Waals surface area contributed by atoms with Crippen molar-refractivity contribution in [2.75, 3.05) is 46.4 Å². The predicted octanol–water partition coefficient (Wildman–Crippen LogP) is 4.91. The van der Waals surface area contributed by atoms with Gasteiger partial charge < -0.3 is 34.9 Å². The monoisotopic (exact) mass is 784 g/mol. The molecule has 4 aliphatic heterocycles. The number of H-pyrrole nitrogens is 1. The summed E-state index contributed by atoms with van der Waals surface area (Å²) in [6.45, 7) is 3.98. The second-order valence-corrected chi connectivity index (χ2v) is 15.8. The van der Waals surface area contributed by atoms with Crippen LogP contribution in [0, 0.1) is 5.92 Å². The number of likely N-dealkylation sites (tertiary alicyclic amines) is 1. The van der Waals surface area contributed by atoms with Crippen LogP contribution < -0.4 is 15.6 Å². The minimum Gasteiger partial charge on any atom is -0.506 e. The molecule has 58 heavy (non-hydrogen) atoms. The number of nitrogens with zero attached hydrogens (tertiary/aromatic N) is 2. The largest absolute Gasteiger partial charge is 0.506 e. The Hall–Kier alpha value is -5.82. The van der Waals surface area contributed by atoms with Gasteiger partial charge in [0.1, 0.15) is 23.0 Å². The lowest BCUT2D eigenvalue weighted by atomic mass is 9.73. The summed E-state index contributed by atoms with van der Waals surface area (Å²) >= 11 is 0. The maximum atomic E-state index is 13.8. The lowest BCUT2D eigenvalue weighted by molar-refractivity contribution is -0.171. The SMILES string of the molecule is COc1cc(CCC(=O)c2ccc(C(=O)N3CC(C(=O)O[C@H]4CN5CCC4CC5)(c4ccccc4)C3)cc2)ccc1CNC[C@H](O)c1ccc(O)c2[nH]c(=O)ccc12. The number of phenolic OH excluding ortho intramolecular Hbond substituents is 1. The average molecular weight is 785 g/mol. The minimum absolute atomic E-state index is 0.0499. The molecule has 1 amide bonds. The van der Waals surface area contributed by atoms with E-state index in [1.54, 1.807) is 48.4 Å². The molecular weight excluding hydrogens is 737 g/mol. The highest BCUT2D eigenvalue weighted by Gasteiger charge is 2.55. The van der Waals surface area contributed by atoms with Crippen LogP contribution in [0.1, 0.15) is 68.3 Å². The quantitative estimate of drug-likeness (QED) is 0.0900. The molecule has 0 aliphatic carbocycles. The molecule has 4 saturated heterocycles. The first kappa shape index (κ1) is 39.0. The Labute approximate surface area is 336 Å². The molecule has 0 radical (unpaired) electrons. The molecule has 4 N–H and O–H groups in total. The van der Waals surface area contributed by atoms with Gasteiger partial charge in [0.25, 0.3) is 5.91 Å². The highest BCUT2D eigenvalue weighted by molar-refractivity contribution is 6.00. The van der Waals surface area contributed by atoms with E-state index in [-0.39, 0.29) is 66.6 Å². The Morgan fingerprint density at radius 3 is 2.38 bits per heavy atom. The van der Waals surface area contributed by atoms with E-state index < -0.39 is 11.5 Å². The van der Waals surface area contributed by atoms with E-state index in [1.165, 1.54) is 12.1 Å². The first-order chi connectivity index (χ1) is 28.1. The topological polar surface area (TPSA) is 162 Å². The number of fused-ring (bicyclic) bond motifs is 4. The molecule has 1 aromatic heterocycles. The second-order valence-electron chi connectivity index (χ2n) is 15.8. The maximum Gasteiger partial charge on any atom is 0.320 e. The molecule has 9 rings (SSSR count). The van der Waals surface area contributed by atoms with Gasteiger partial charge in [-0.25, -0.2) is 0 Å². The fourth-order valence-electron chi connectivity index (χ4n) is 8.71. The molecule has 4 aromatic carbocycles. The van der Waals surface area contributed by atoms with Crippen molar-refractivity contribution in [3.63, 3.8) is 0 Å². The third-order valence-electron chi connectivity index (χ3n) is 12.1. The van der Waals surface area contributed by atoms with E-state index in [4.69, 9.17) is 9.47 Å². The van der Waals surface area contributed by atoms with E-state index in [9.17, 15) is 29.4 Å². The van der Waals surface area contributed by atoms with Gasteiger partial charge in [-0.2, -0.15) is 0 Å². The van der Waals surface area contributed by atoms with E-state index in [1.807, 2.05) is 48.5 Å². The summed E-state index contributed by atoms with van der Waals surface area (Å²) in [5.74, 6) is 0.472. The van der Waals surface area contributed by atoms with Crippen molar-refractivity contribution >= 4 is 28.6 Å². The number of carbonyl (C=O) groups excluding carboxylic acids is 3. The minimum atomic E-state index is -0.909. The van der Waals surface area contributed by atoms with E-state index in [0.717, 1.165) is 49.2 Å². The molecule has 2 bridgehead atoms. The van der Waals surface area contributed by atoms with Crippen LogP contribution in [-0.4, -0.2) is 95.1 Å². The van der Waals surface area contributed by atoms with Crippen LogP contribution in [0.2, 0.25) is 0 Å². The first-order valence-electron chi connectivity index (χ1n) is 19.9. The van der Waals surface area contributed by atoms with Crippen molar-refractivity contribution in [2.24, 2.45) is 5.92 Å². The Balaban J connectivity index is 0.840. The van der Waals surface area contributed by atoms with Crippen LogP contribution >= 0.6 is 0 Å². The van der Waals surface area contributed by atoms with Gasteiger partial charge in [0.15, 0.2) is 5.78 Å². The van der Waals surface area contributed by atoms with Gasteiger partial charge in [-0.3, -0.25) is 24.1 Å². The second kappa shape index (κ2) is 16.6. The normalized spacial score (nSPS) is 20.0. The molecule has 4 aliphatic rings. The zero-order chi connectivity index (χ0) is 40.4. The molecule has 5 aromatic rings. The summed E-state index contributed by atoms with van der Waals surface area (Å²) in [5.41, 5.74) is 3.22. The van der Waals surface area contributed by atoms with Gasteiger partial charge in [-0.1, -0.05) is 60.7 Å². The summed E-state index contributed by atoms with van der Waals surface area (Å²) in [5, 5.41) is 24.9. The van der Waals surface area contributed by atoms with Crippen molar-refractivity contribution in [1.29, 1.82) is 0 Å². The maximum absolute atomic E-state index is 13.8. The summed E-state index contributed by atoms with van der Waals surface area (Å²) in [4.78, 5) is 59.1. The predicted molar refractivity (Wildman–Crippen MR) is 218 cm³/mol. The number of aromatic hydroxyl groups is 1. The van der Waals surface area contributed by atoms with Crippen molar-refractivity contribution in [1.82, 2.24) is 20.1 Å². The number of aliphatic hydroxyl groups is 1. The van der Waals surface area contributed by atoms with Gasteiger partial charge in [0.2, 0.25) is 5.56 Å². The standard InChI is InChI=1S/C46H48N4O8/c1-57-40-23-29(7-9-33(40)24-47-25-39(53)35-14-17-38(52)43-36(35)15-18-42(54)48-43)8-16-37(51)30-10-12-32(13-11-30)44(55)50-27-46(28-50,34-5-3-2-4-6-34)45(56)58-41-26-49-21-19-31(41)20-22-49/h2-7,9-15,17-18,23,31,39,41,47,52-53H,8,16,19-22,24-28H2,1H3,(H,48,54)/t39-,41-/m0/s1. The van der Waals surface area contributed by atoms with E-state index in [2.05, 4.69) is 15.2 Å². The van der Waals surface area contributed by atoms with Gasteiger partial charge in [0.05, 0.1) is 18.7 Å². The van der Waals surface area contributed by atoms with E-state index >= 15 is 0 Å². The molecular formula is C46H48N4O8. The zero-order valence-corrected chi connectivity index (χ0v) is 32.5. The van der Waals surface area contributed by atoms with Crippen molar-refractivity contribution in [2.45, 2.75) is 49.9 Å². The van der Waals surface area contributed by atoms with Crippen LogP contribution in [0.25, 0.3) is 10.9 Å². The van der Waals surface area contributed by atoms with Crippen molar-refractivity contribution in [3.05, 3.63) is 141 Å². The number of aromatic amines is 1. The lowest BCUT2D eigenvalue weighted by Gasteiger charge is -2.50. The molecule has 300 valence electrons. The number of methoxy groups -OCH3 is 1. The molecule has 12 heteroatoms. The third kappa shape index (κ3) is 7.87. The number of ether oxygens (including phenoxy) is 2. The molecule has 2 atom stereocenters. The Morgan fingerprint density at radius 1 is 0.931 bits per heavy atom. The first-order valence-corrected chi connectivity index (χ1v) is 19.9. The summed E-state index contributed by atoms with van der Waals surface area (Å²) < 4.78 is 11.9. The Bertz CT molecular complexity index is 2370. The molecule has 12 nitrogen and oxygen atoms in total. The van der Waals surface area contributed by atoms with Crippen LogP contribution in [0.15, 0.2) is 102 Å². The number of phenols is 1. The third-order valence-corrected chi connectivity index (χ3v) is 12.1. The number of esters is 1. The number of nitrogens with one attached hydrogen (secondary N) is 2. The van der Waals surface area contributed by atoms with Crippen molar-refractivity contribution in [3.8, 4) is 11.5 Å². The van der Waals surface area contributed by atoms with E-state index in [0.29, 0.717) is 46.7 Å². The summed E-state index contributed by atoms with van der Waals surface area (Å²) in [7, 11) is 1.58. The number of ketones is 1. The van der Waals surface area contributed by atoms with Gasteiger partial charge in [-0.15, -0.1) is 0 Å². The summed E-state index contributed by atoms with van der Waals surface area (Å²) in [6.07, 6.45) is 1.83. The fourth-order valence-corrected chi connectivity index (χ4v) is 8.71. The smallest absolute Gasteiger partial charge is 0.320 e. The number of Topliss-reactive ketones (excluding diaryl/α,β-unsaturated/α-hetero) is 1. The van der Waals surface area contributed by atoms with Crippen molar-refractivity contribution < 1.29 is 34.1 Å². The van der Waals surface area contributed by atoms with Gasteiger partial charge >= 0.3 is 5.97 Å². The number of aliphatic hydroxyl groups excluding tert-OH is 1. The molecule has 0 spiro atoms.